The second-order valence-corrected chi connectivity index (χ2v) is 5.94. The van der Waals surface area contributed by atoms with Crippen LogP contribution in [0.5, 0.6) is 0 Å². The summed E-state index contributed by atoms with van der Waals surface area (Å²) in [6.45, 7) is 4.38. The van der Waals surface area contributed by atoms with Crippen LogP contribution in [0.3, 0.4) is 0 Å². The van der Waals surface area contributed by atoms with E-state index in [1.54, 1.807) is 0 Å². The number of rotatable bonds is 15. The van der Waals surface area contributed by atoms with E-state index >= 15 is 0 Å². The van der Waals surface area contributed by atoms with E-state index in [-0.39, 0.29) is 18.0 Å². The van der Waals surface area contributed by atoms with Crippen LogP contribution in [0.15, 0.2) is 0 Å². The average Bonchev–Trinajstić information content (AvgIpc) is 2.42. The largest absolute Gasteiger partial charge is 0.299 e. The fourth-order valence-corrected chi connectivity index (χ4v) is 2.42. The highest BCUT2D eigenvalue weighted by Gasteiger charge is 2.08. The van der Waals surface area contributed by atoms with Gasteiger partial charge in [0, 0.05) is 12.8 Å². The number of Topliss-reactive ketones (excluding diaryl/α,β-unsaturated/α-hetero) is 2. The van der Waals surface area contributed by atoms with Crippen LogP contribution in [0, 0.1) is 0 Å². The third-order valence-electron chi connectivity index (χ3n) is 3.76. The summed E-state index contributed by atoms with van der Waals surface area (Å²) in [5.74, 6) is 0.299. The first kappa shape index (κ1) is 19.3. The van der Waals surface area contributed by atoms with Gasteiger partial charge in [-0.05, 0) is 12.8 Å². The van der Waals surface area contributed by atoms with E-state index in [4.69, 9.17) is 0 Å². The lowest BCUT2D eigenvalue weighted by atomic mass is 10.0. The van der Waals surface area contributed by atoms with Gasteiger partial charge in [-0.2, -0.15) is 0 Å². The zero-order chi connectivity index (χ0) is 15.1. The fourth-order valence-electron chi connectivity index (χ4n) is 2.42. The normalized spacial score (nSPS) is 10.7. The van der Waals surface area contributed by atoms with Crippen LogP contribution in [0.4, 0.5) is 0 Å². The van der Waals surface area contributed by atoms with E-state index in [9.17, 15) is 9.59 Å². The molecule has 118 valence electrons. The number of carbonyl (C=O) groups is 2. The molecule has 0 aromatic carbocycles. The van der Waals surface area contributed by atoms with Crippen molar-refractivity contribution in [3.05, 3.63) is 0 Å². The Hall–Kier alpha value is -0.660. The Bertz CT molecular complexity index is 246. The Kier molecular flexibility index (Phi) is 14.3. The van der Waals surface area contributed by atoms with Crippen LogP contribution >= 0.6 is 0 Å². The number of unbranched alkanes of at least 4 members (excludes halogenated alkanes) is 9. The van der Waals surface area contributed by atoms with E-state index in [1.807, 2.05) is 0 Å². The summed E-state index contributed by atoms with van der Waals surface area (Å²) in [6, 6.07) is 0. The van der Waals surface area contributed by atoms with E-state index < -0.39 is 0 Å². The van der Waals surface area contributed by atoms with Crippen LogP contribution in [0.2, 0.25) is 0 Å². The maximum absolute atomic E-state index is 11.7. The van der Waals surface area contributed by atoms with Crippen molar-refractivity contribution in [3.63, 3.8) is 0 Å². The smallest absolute Gasteiger partial charge is 0.140 e. The Morgan fingerprint density at radius 3 is 1.35 bits per heavy atom. The topological polar surface area (TPSA) is 34.1 Å². The van der Waals surface area contributed by atoms with Gasteiger partial charge in [-0.1, -0.05) is 71.6 Å². The summed E-state index contributed by atoms with van der Waals surface area (Å²) in [7, 11) is 0. The second-order valence-electron chi connectivity index (χ2n) is 5.94. The van der Waals surface area contributed by atoms with Gasteiger partial charge < -0.3 is 0 Å². The van der Waals surface area contributed by atoms with Crippen molar-refractivity contribution in [2.75, 3.05) is 0 Å². The zero-order valence-electron chi connectivity index (χ0n) is 13.7. The maximum Gasteiger partial charge on any atom is 0.140 e. The van der Waals surface area contributed by atoms with Crippen LogP contribution < -0.4 is 0 Å². The summed E-state index contributed by atoms with van der Waals surface area (Å²) in [6.07, 6.45) is 14.4. The van der Waals surface area contributed by atoms with Crippen molar-refractivity contribution in [2.24, 2.45) is 0 Å². The lowest BCUT2D eigenvalue weighted by Gasteiger charge is -2.02. The molecule has 0 aromatic rings. The van der Waals surface area contributed by atoms with Crippen molar-refractivity contribution in [1.29, 1.82) is 0 Å². The molecule has 0 amide bonds. The molecule has 0 aromatic heterocycles. The first-order chi connectivity index (χ1) is 9.70. The maximum atomic E-state index is 11.7. The first-order valence-electron chi connectivity index (χ1n) is 8.74. The molecular formula is C18H34O2. The molecular weight excluding hydrogens is 248 g/mol. The predicted octanol–water partition coefficient (Wildman–Crippen LogP) is 5.63. The standard InChI is InChI=1S/C18H34O2/c1-3-5-7-9-10-11-13-15-18(20)16-17(19)14-12-8-6-4-2/h3-16H2,1-2H3. The van der Waals surface area contributed by atoms with Crippen molar-refractivity contribution < 1.29 is 9.59 Å². The molecule has 0 rings (SSSR count). The van der Waals surface area contributed by atoms with Crippen LogP contribution in [0.1, 0.15) is 104 Å². The summed E-state index contributed by atoms with van der Waals surface area (Å²) in [5.41, 5.74) is 0. The molecule has 0 fully saturated rings. The van der Waals surface area contributed by atoms with Crippen LogP contribution in [-0.2, 0) is 9.59 Å². The minimum absolute atomic E-state index is 0.147. The molecule has 0 aliphatic heterocycles. The number of ketones is 2. The zero-order valence-corrected chi connectivity index (χ0v) is 13.7. The van der Waals surface area contributed by atoms with Crippen LogP contribution in [-0.4, -0.2) is 11.6 Å². The van der Waals surface area contributed by atoms with E-state index in [0.29, 0.717) is 12.8 Å². The highest BCUT2D eigenvalue weighted by atomic mass is 16.1. The summed E-state index contributed by atoms with van der Waals surface area (Å²) in [5, 5.41) is 0. The Morgan fingerprint density at radius 1 is 0.550 bits per heavy atom. The molecule has 0 saturated heterocycles. The molecule has 2 nitrogen and oxygen atoms in total. The third kappa shape index (κ3) is 13.8. The minimum Gasteiger partial charge on any atom is -0.299 e. The summed E-state index contributed by atoms with van der Waals surface area (Å²) in [4.78, 5) is 23.3. The molecule has 0 bridgehead atoms. The van der Waals surface area contributed by atoms with Crippen molar-refractivity contribution >= 4 is 11.6 Å². The fraction of sp³-hybridized carbons (Fsp3) is 0.889. The van der Waals surface area contributed by atoms with E-state index in [2.05, 4.69) is 13.8 Å². The lowest BCUT2D eigenvalue weighted by Crippen LogP contribution is -2.07. The molecule has 2 heteroatoms. The van der Waals surface area contributed by atoms with Crippen molar-refractivity contribution in [2.45, 2.75) is 104 Å². The van der Waals surface area contributed by atoms with Gasteiger partial charge in [0.25, 0.3) is 0 Å². The molecule has 0 spiro atoms. The Morgan fingerprint density at radius 2 is 0.900 bits per heavy atom. The average molecular weight is 282 g/mol. The van der Waals surface area contributed by atoms with Gasteiger partial charge in [0.2, 0.25) is 0 Å². The third-order valence-corrected chi connectivity index (χ3v) is 3.76. The highest BCUT2D eigenvalue weighted by molar-refractivity contribution is 5.98. The number of carbonyl (C=O) groups excluding carboxylic acids is 2. The van der Waals surface area contributed by atoms with Crippen LogP contribution in [0.25, 0.3) is 0 Å². The SMILES string of the molecule is CCCCCCCCCC(=O)CC(=O)CCCCCC. The highest BCUT2D eigenvalue weighted by Crippen LogP contribution is 2.10. The van der Waals surface area contributed by atoms with Crippen molar-refractivity contribution in [1.82, 2.24) is 0 Å². The molecule has 0 unspecified atom stereocenters. The van der Waals surface area contributed by atoms with Gasteiger partial charge in [0.1, 0.15) is 11.6 Å². The van der Waals surface area contributed by atoms with Gasteiger partial charge in [0.15, 0.2) is 0 Å². The Labute approximate surface area is 125 Å². The number of hydrogen-bond acceptors (Lipinski definition) is 2. The van der Waals surface area contributed by atoms with E-state index in [1.165, 1.54) is 44.9 Å². The number of hydrogen-bond donors (Lipinski definition) is 0. The predicted molar refractivity (Wildman–Crippen MR) is 86.0 cm³/mol. The molecule has 0 radical (unpaired) electrons. The van der Waals surface area contributed by atoms with Gasteiger partial charge in [0.05, 0.1) is 6.42 Å². The lowest BCUT2D eigenvalue weighted by molar-refractivity contribution is -0.127. The molecule has 20 heavy (non-hydrogen) atoms. The minimum atomic E-state index is 0.147. The summed E-state index contributed by atoms with van der Waals surface area (Å²) >= 11 is 0. The molecule has 0 N–H and O–H groups in total. The summed E-state index contributed by atoms with van der Waals surface area (Å²) < 4.78 is 0. The Balaban J connectivity index is 3.37. The molecule has 0 heterocycles. The van der Waals surface area contributed by atoms with Gasteiger partial charge in [-0.3, -0.25) is 9.59 Å². The molecule has 0 aliphatic rings. The van der Waals surface area contributed by atoms with E-state index in [0.717, 1.165) is 25.7 Å². The van der Waals surface area contributed by atoms with Gasteiger partial charge in [-0.25, -0.2) is 0 Å². The van der Waals surface area contributed by atoms with Crippen molar-refractivity contribution in [3.8, 4) is 0 Å². The monoisotopic (exact) mass is 282 g/mol. The molecule has 0 saturated carbocycles. The molecule has 0 atom stereocenters. The van der Waals surface area contributed by atoms with Gasteiger partial charge in [-0.15, -0.1) is 0 Å². The van der Waals surface area contributed by atoms with Gasteiger partial charge >= 0.3 is 0 Å². The molecule has 0 aliphatic carbocycles. The quantitative estimate of drug-likeness (QED) is 0.288. The first-order valence-corrected chi connectivity index (χ1v) is 8.74. The second kappa shape index (κ2) is 14.7.